The summed E-state index contributed by atoms with van der Waals surface area (Å²) in [4.78, 5) is 16.3. The minimum Gasteiger partial charge on any atom is -0.489 e. The van der Waals surface area contributed by atoms with Crippen LogP contribution in [-0.2, 0) is 16.1 Å². The van der Waals surface area contributed by atoms with Crippen molar-refractivity contribution in [2.24, 2.45) is 5.16 Å². The molecule has 120 valence electrons. The third kappa shape index (κ3) is 5.00. The minimum absolute atomic E-state index is 0.288. The molecule has 0 radical (unpaired) electrons. The molecule has 2 aromatic carbocycles. The van der Waals surface area contributed by atoms with E-state index >= 15 is 0 Å². The highest BCUT2D eigenvalue weighted by molar-refractivity contribution is 6.30. The van der Waals surface area contributed by atoms with Crippen molar-refractivity contribution in [1.29, 1.82) is 0 Å². The van der Waals surface area contributed by atoms with Crippen LogP contribution in [0.25, 0.3) is 0 Å². The number of methoxy groups -OCH3 is 1. The molecule has 0 amide bonds. The Morgan fingerprint density at radius 2 is 2.04 bits per heavy atom. The van der Waals surface area contributed by atoms with Gasteiger partial charge in [-0.05, 0) is 36.8 Å². The number of carbonyl (C=O) groups is 1. The number of benzene rings is 2. The van der Waals surface area contributed by atoms with Gasteiger partial charge in [-0.2, -0.15) is 0 Å². The summed E-state index contributed by atoms with van der Waals surface area (Å²) >= 11 is 5.93. The zero-order chi connectivity index (χ0) is 16.7. The number of nitrogens with zero attached hydrogens (tertiary/aromatic N) is 1. The number of hydrogen-bond donors (Lipinski definition) is 0. The Hall–Kier alpha value is -2.53. The summed E-state index contributed by atoms with van der Waals surface area (Å²) in [6.07, 6.45) is 0.962. The summed E-state index contributed by atoms with van der Waals surface area (Å²) < 4.78 is 10.2. The monoisotopic (exact) mass is 333 g/mol. The molecule has 0 aliphatic rings. The van der Waals surface area contributed by atoms with Crippen molar-refractivity contribution in [2.45, 2.75) is 13.5 Å². The Bertz CT molecular complexity index is 715. The van der Waals surface area contributed by atoms with Gasteiger partial charge in [0, 0.05) is 10.6 Å². The highest BCUT2D eigenvalue weighted by Crippen LogP contribution is 2.25. The number of oxime groups is 1. The molecular weight excluding hydrogens is 318 g/mol. The van der Waals surface area contributed by atoms with Crippen LogP contribution < -0.4 is 9.57 Å². The lowest BCUT2D eigenvalue weighted by Gasteiger charge is -2.12. The number of aryl methyl sites for hydroxylation is 1. The van der Waals surface area contributed by atoms with Crippen molar-refractivity contribution >= 4 is 23.8 Å². The fourth-order valence-corrected chi connectivity index (χ4v) is 2.02. The molecule has 0 aromatic heterocycles. The molecular formula is C17H16ClNO4. The molecule has 2 rings (SSSR count). The molecule has 0 fully saturated rings. The molecule has 0 bridgehead atoms. The molecule has 23 heavy (non-hydrogen) atoms. The predicted molar refractivity (Wildman–Crippen MR) is 88.1 cm³/mol. The first-order chi connectivity index (χ1) is 11.1. The van der Waals surface area contributed by atoms with E-state index in [-0.39, 0.29) is 6.61 Å². The zero-order valence-electron chi connectivity index (χ0n) is 12.8. The van der Waals surface area contributed by atoms with Crippen molar-refractivity contribution in [3.05, 3.63) is 58.6 Å². The molecule has 2 aromatic rings. The number of hydrogen-bond acceptors (Lipinski definition) is 5. The van der Waals surface area contributed by atoms with Gasteiger partial charge in [-0.1, -0.05) is 35.0 Å². The fraction of sp³-hybridized carbons (Fsp3) is 0.176. The van der Waals surface area contributed by atoms with E-state index in [4.69, 9.17) is 21.2 Å². The highest BCUT2D eigenvalue weighted by Gasteiger charge is 2.09. The third-order valence-corrected chi connectivity index (χ3v) is 3.29. The van der Waals surface area contributed by atoms with E-state index in [1.807, 2.05) is 31.2 Å². The Kier molecular flexibility index (Phi) is 6.00. The second-order valence-electron chi connectivity index (χ2n) is 4.65. The average molecular weight is 334 g/mol. The summed E-state index contributed by atoms with van der Waals surface area (Å²) in [6, 6.07) is 12.7. The molecule has 0 saturated carbocycles. The van der Waals surface area contributed by atoms with Crippen LogP contribution in [0.5, 0.6) is 11.5 Å². The van der Waals surface area contributed by atoms with Crippen molar-refractivity contribution < 1.29 is 19.1 Å². The number of carbonyl (C=O) groups excluding carboxylic acids is 1. The summed E-state index contributed by atoms with van der Waals surface area (Å²) in [5.41, 5.74) is 1.81. The van der Waals surface area contributed by atoms with Gasteiger partial charge in [0.2, 0.25) is 0 Å². The average Bonchev–Trinajstić information content (AvgIpc) is 2.54. The van der Waals surface area contributed by atoms with Crippen LogP contribution in [0.4, 0.5) is 0 Å². The number of ether oxygens (including phenoxy) is 2. The highest BCUT2D eigenvalue weighted by atomic mass is 35.5. The van der Waals surface area contributed by atoms with Crippen molar-refractivity contribution in [1.82, 2.24) is 0 Å². The lowest BCUT2D eigenvalue weighted by molar-refractivity contribution is -0.132. The van der Waals surface area contributed by atoms with Gasteiger partial charge in [0.05, 0.1) is 7.11 Å². The molecule has 0 aliphatic heterocycles. The summed E-state index contributed by atoms with van der Waals surface area (Å²) in [7, 11) is 1.27. The van der Waals surface area contributed by atoms with Gasteiger partial charge in [0.25, 0.3) is 0 Å². The maximum atomic E-state index is 11.0. The molecule has 0 spiro atoms. The van der Waals surface area contributed by atoms with Crippen LogP contribution in [0.3, 0.4) is 0 Å². The van der Waals surface area contributed by atoms with E-state index < -0.39 is 5.97 Å². The topological polar surface area (TPSA) is 57.1 Å². The molecule has 0 atom stereocenters. The number of rotatable bonds is 6. The van der Waals surface area contributed by atoms with Gasteiger partial charge < -0.3 is 14.3 Å². The molecule has 0 saturated heterocycles. The standard InChI is InChI=1S/C17H16ClNO4/c1-12-5-3-8-16(23-19-10-17(20)21-2)15(12)11-22-14-7-4-6-13(18)9-14/h3-10H,11H2,1-2H3/b19-10+. The Balaban J connectivity index is 2.11. The normalized spacial score (nSPS) is 10.6. The Labute approximate surface area is 139 Å². The second kappa shape index (κ2) is 8.19. The second-order valence-corrected chi connectivity index (χ2v) is 5.08. The summed E-state index contributed by atoms with van der Waals surface area (Å²) in [5, 5.41) is 4.21. The van der Waals surface area contributed by atoms with E-state index in [1.54, 1.807) is 18.2 Å². The molecule has 0 heterocycles. The van der Waals surface area contributed by atoms with E-state index in [1.165, 1.54) is 7.11 Å². The fourth-order valence-electron chi connectivity index (χ4n) is 1.84. The maximum Gasteiger partial charge on any atom is 0.352 e. The van der Waals surface area contributed by atoms with Crippen LogP contribution in [0, 0.1) is 6.92 Å². The Morgan fingerprint density at radius 1 is 1.26 bits per heavy atom. The third-order valence-electron chi connectivity index (χ3n) is 3.06. The maximum absolute atomic E-state index is 11.0. The lowest BCUT2D eigenvalue weighted by atomic mass is 10.1. The quantitative estimate of drug-likeness (QED) is 0.459. The number of esters is 1. The SMILES string of the molecule is COC(=O)/C=N/Oc1cccc(C)c1COc1cccc(Cl)c1. The minimum atomic E-state index is -0.589. The van der Waals surface area contributed by atoms with Crippen LogP contribution in [-0.4, -0.2) is 19.3 Å². The molecule has 0 unspecified atom stereocenters. The van der Waals surface area contributed by atoms with Gasteiger partial charge in [0.15, 0.2) is 12.0 Å². The van der Waals surface area contributed by atoms with Crippen LogP contribution in [0.2, 0.25) is 5.02 Å². The van der Waals surface area contributed by atoms with Gasteiger partial charge in [-0.15, -0.1) is 0 Å². The summed E-state index contributed by atoms with van der Waals surface area (Å²) in [6.45, 7) is 2.23. The summed E-state index contributed by atoms with van der Waals surface area (Å²) in [5.74, 6) is 0.575. The molecule has 0 N–H and O–H groups in total. The van der Waals surface area contributed by atoms with Crippen LogP contribution in [0.1, 0.15) is 11.1 Å². The first-order valence-electron chi connectivity index (χ1n) is 6.85. The molecule has 6 heteroatoms. The van der Waals surface area contributed by atoms with E-state index in [9.17, 15) is 4.79 Å². The van der Waals surface area contributed by atoms with Crippen molar-refractivity contribution in [3.8, 4) is 11.5 Å². The van der Waals surface area contributed by atoms with E-state index in [0.29, 0.717) is 16.5 Å². The van der Waals surface area contributed by atoms with Crippen LogP contribution in [0.15, 0.2) is 47.6 Å². The lowest BCUT2D eigenvalue weighted by Crippen LogP contribution is -2.04. The smallest absolute Gasteiger partial charge is 0.352 e. The van der Waals surface area contributed by atoms with Crippen molar-refractivity contribution in [3.63, 3.8) is 0 Å². The van der Waals surface area contributed by atoms with Gasteiger partial charge >= 0.3 is 5.97 Å². The Morgan fingerprint density at radius 3 is 2.78 bits per heavy atom. The predicted octanol–water partition coefficient (Wildman–Crippen LogP) is 3.77. The largest absolute Gasteiger partial charge is 0.489 e. The molecule has 0 aliphatic carbocycles. The van der Waals surface area contributed by atoms with E-state index in [2.05, 4.69) is 9.89 Å². The number of halogens is 1. The van der Waals surface area contributed by atoms with Gasteiger partial charge in [-0.25, -0.2) is 4.79 Å². The zero-order valence-corrected chi connectivity index (χ0v) is 13.5. The molecule has 5 nitrogen and oxygen atoms in total. The van der Waals surface area contributed by atoms with Gasteiger partial charge in [-0.3, -0.25) is 0 Å². The van der Waals surface area contributed by atoms with Gasteiger partial charge in [0.1, 0.15) is 12.4 Å². The van der Waals surface area contributed by atoms with Crippen molar-refractivity contribution in [2.75, 3.05) is 7.11 Å². The first kappa shape index (κ1) is 16.8. The first-order valence-corrected chi connectivity index (χ1v) is 7.23. The van der Waals surface area contributed by atoms with E-state index in [0.717, 1.165) is 17.3 Å². The van der Waals surface area contributed by atoms with Crippen LogP contribution >= 0.6 is 11.6 Å².